The summed E-state index contributed by atoms with van der Waals surface area (Å²) >= 11 is 6.41. The summed E-state index contributed by atoms with van der Waals surface area (Å²) in [6.07, 6.45) is 8.69. The number of hydrogen-bond acceptors (Lipinski definition) is 2. The molecule has 0 saturated heterocycles. The summed E-state index contributed by atoms with van der Waals surface area (Å²) in [6.45, 7) is 4.05. The molecule has 94 valence electrons. The second-order valence-corrected chi connectivity index (χ2v) is 5.59. The molecule has 0 N–H and O–H groups in total. The van der Waals surface area contributed by atoms with Gasteiger partial charge in [0.15, 0.2) is 0 Å². The summed E-state index contributed by atoms with van der Waals surface area (Å²) in [5.74, 6) is 1.29. The third-order valence-corrected chi connectivity index (χ3v) is 3.74. The molecule has 0 aromatic carbocycles. The predicted molar refractivity (Wildman–Crippen MR) is 70.9 cm³/mol. The van der Waals surface area contributed by atoms with E-state index in [4.69, 9.17) is 16.3 Å². The van der Waals surface area contributed by atoms with Crippen LogP contribution < -0.4 is 4.74 Å². The van der Waals surface area contributed by atoms with E-state index in [1.165, 1.54) is 24.8 Å². The standard InChI is InChI=1S/C14H20ClNO/c1-10(2)17-12-7-11(8-16-9-12)13-5-3-4-6-14(13)15/h7-10,13-14H,3-6H2,1-2H3. The number of aromatic nitrogens is 1. The molecule has 2 nitrogen and oxygen atoms in total. The largest absolute Gasteiger partial charge is 0.489 e. The van der Waals surface area contributed by atoms with Gasteiger partial charge in [-0.05, 0) is 38.3 Å². The molecule has 1 aliphatic rings. The zero-order valence-corrected chi connectivity index (χ0v) is 11.3. The van der Waals surface area contributed by atoms with Gasteiger partial charge in [0.2, 0.25) is 0 Å². The molecule has 1 heterocycles. The number of ether oxygens (including phenoxy) is 1. The van der Waals surface area contributed by atoms with Crippen LogP contribution in [0.5, 0.6) is 5.75 Å². The highest BCUT2D eigenvalue weighted by Gasteiger charge is 2.25. The normalized spacial score (nSPS) is 24.9. The van der Waals surface area contributed by atoms with Crippen molar-refractivity contribution in [2.24, 2.45) is 0 Å². The maximum absolute atomic E-state index is 6.41. The molecule has 1 aliphatic carbocycles. The van der Waals surface area contributed by atoms with Crippen LogP contribution in [0.15, 0.2) is 18.5 Å². The molecule has 2 unspecified atom stereocenters. The van der Waals surface area contributed by atoms with Crippen LogP contribution in [0, 0.1) is 0 Å². The zero-order chi connectivity index (χ0) is 12.3. The lowest BCUT2D eigenvalue weighted by atomic mass is 9.84. The van der Waals surface area contributed by atoms with E-state index >= 15 is 0 Å². The Hall–Kier alpha value is -0.760. The first kappa shape index (κ1) is 12.7. The minimum absolute atomic E-state index is 0.185. The van der Waals surface area contributed by atoms with Crippen molar-refractivity contribution in [3.63, 3.8) is 0 Å². The van der Waals surface area contributed by atoms with Crippen molar-refractivity contribution >= 4 is 11.6 Å². The van der Waals surface area contributed by atoms with Crippen molar-refractivity contribution in [1.82, 2.24) is 4.98 Å². The summed E-state index contributed by atoms with van der Waals surface area (Å²) in [5, 5.41) is 0.250. The highest BCUT2D eigenvalue weighted by Crippen LogP contribution is 2.37. The van der Waals surface area contributed by atoms with E-state index in [-0.39, 0.29) is 11.5 Å². The van der Waals surface area contributed by atoms with Gasteiger partial charge >= 0.3 is 0 Å². The second-order valence-electron chi connectivity index (χ2n) is 5.03. The number of rotatable bonds is 3. The Kier molecular flexibility index (Phi) is 4.27. The van der Waals surface area contributed by atoms with Gasteiger partial charge in [0.25, 0.3) is 0 Å². The molecule has 0 aliphatic heterocycles. The van der Waals surface area contributed by atoms with Gasteiger partial charge in [0.05, 0.1) is 12.3 Å². The Balaban J connectivity index is 2.14. The Labute approximate surface area is 108 Å². The molecule has 17 heavy (non-hydrogen) atoms. The van der Waals surface area contributed by atoms with Gasteiger partial charge in [0, 0.05) is 17.5 Å². The smallest absolute Gasteiger partial charge is 0.138 e. The summed E-state index contributed by atoms with van der Waals surface area (Å²) in [4.78, 5) is 4.26. The number of nitrogens with zero attached hydrogens (tertiary/aromatic N) is 1. The van der Waals surface area contributed by atoms with E-state index in [1.54, 1.807) is 6.20 Å². The van der Waals surface area contributed by atoms with E-state index < -0.39 is 0 Å². The van der Waals surface area contributed by atoms with Crippen molar-refractivity contribution in [1.29, 1.82) is 0 Å². The fraction of sp³-hybridized carbons (Fsp3) is 0.643. The van der Waals surface area contributed by atoms with Crippen LogP contribution in [0.3, 0.4) is 0 Å². The van der Waals surface area contributed by atoms with E-state index in [0.717, 1.165) is 12.2 Å². The van der Waals surface area contributed by atoms with Gasteiger partial charge in [0.1, 0.15) is 5.75 Å². The van der Waals surface area contributed by atoms with Crippen LogP contribution >= 0.6 is 11.6 Å². The number of hydrogen-bond donors (Lipinski definition) is 0. The minimum Gasteiger partial charge on any atom is -0.489 e. The minimum atomic E-state index is 0.185. The predicted octanol–water partition coefficient (Wildman–Crippen LogP) is 4.13. The first-order chi connectivity index (χ1) is 8.16. The van der Waals surface area contributed by atoms with Gasteiger partial charge in [-0.3, -0.25) is 4.98 Å². The van der Waals surface area contributed by atoms with Crippen LogP contribution in [0.4, 0.5) is 0 Å². The Morgan fingerprint density at radius 1 is 1.29 bits per heavy atom. The van der Waals surface area contributed by atoms with E-state index in [2.05, 4.69) is 11.1 Å². The lowest BCUT2D eigenvalue weighted by Crippen LogP contribution is -2.18. The molecule has 2 atom stereocenters. The zero-order valence-electron chi connectivity index (χ0n) is 10.5. The topological polar surface area (TPSA) is 22.1 Å². The van der Waals surface area contributed by atoms with Gasteiger partial charge in [-0.1, -0.05) is 12.8 Å². The Morgan fingerprint density at radius 3 is 2.76 bits per heavy atom. The lowest BCUT2D eigenvalue weighted by molar-refractivity contribution is 0.241. The molecule has 0 amide bonds. The van der Waals surface area contributed by atoms with Crippen molar-refractivity contribution in [2.45, 2.75) is 56.9 Å². The lowest BCUT2D eigenvalue weighted by Gasteiger charge is -2.27. The first-order valence-electron chi connectivity index (χ1n) is 6.42. The SMILES string of the molecule is CC(C)Oc1cncc(C2CCCCC2Cl)c1. The molecular weight excluding hydrogens is 234 g/mol. The maximum atomic E-state index is 6.41. The summed E-state index contributed by atoms with van der Waals surface area (Å²) in [7, 11) is 0. The molecule has 0 radical (unpaired) electrons. The monoisotopic (exact) mass is 253 g/mol. The van der Waals surface area contributed by atoms with Crippen LogP contribution in [-0.2, 0) is 0 Å². The van der Waals surface area contributed by atoms with Crippen molar-refractivity contribution in [3.8, 4) is 5.75 Å². The van der Waals surface area contributed by atoms with Crippen LogP contribution in [0.1, 0.15) is 51.0 Å². The molecule has 1 aromatic rings. The first-order valence-corrected chi connectivity index (χ1v) is 6.86. The third-order valence-electron chi connectivity index (χ3n) is 3.22. The summed E-state index contributed by atoms with van der Waals surface area (Å²) in [6, 6.07) is 2.10. The van der Waals surface area contributed by atoms with Crippen molar-refractivity contribution in [3.05, 3.63) is 24.0 Å². The van der Waals surface area contributed by atoms with Crippen LogP contribution in [0.25, 0.3) is 0 Å². The Bertz CT molecular complexity index is 367. The highest BCUT2D eigenvalue weighted by molar-refractivity contribution is 6.21. The number of halogens is 1. The van der Waals surface area contributed by atoms with E-state index in [9.17, 15) is 0 Å². The van der Waals surface area contributed by atoms with Gasteiger partial charge in [-0.15, -0.1) is 11.6 Å². The highest BCUT2D eigenvalue weighted by atomic mass is 35.5. The fourth-order valence-electron chi connectivity index (χ4n) is 2.44. The number of alkyl halides is 1. The van der Waals surface area contributed by atoms with Crippen LogP contribution in [0.2, 0.25) is 0 Å². The van der Waals surface area contributed by atoms with Gasteiger partial charge in [-0.2, -0.15) is 0 Å². The molecular formula is C14H20ClNO. The van der Waals surface area contributed by atoms with Crippen LogP contribution in [-0.4, -0.2) is 16.5 Å². The van der Waals surface area contributed by atoms with Crippen molar-refractivity contribution in [2.75, 3.05) is 0 Å². The molecule has 3 heteroatoms. The van der Waals surface area contributed by atoms with E-state index in [0.29, 0.717) is 5.92 Å². The molecule has 1 fully saturated rings. The fourth-order valence-corrected chi connectivity index (χ4v) is 2.86. The molecule has 1 saturated carbocycles. The molecule has 0 spiro atoms. The molecule has 2 rings (SSSR count). The molecule has 1 aromatic heterocycles. The quantitative estimate of drug-likeness (QED) is 0.756. The van der Waals surface area contributed by atoms with Crippen molar-refractivity contribution < 1.29 is 4.74 Å². The second kappa shape index (κ2) is 5.72. The Morgan fingerprint density at radius 2 is 2.06 bits per heavy atom. The average molecular weight is 254 g/mol. The number of pyridine rings is 1. The maximum Gasteiger partial charge on any atom is 0.138 e. The average Bonchev–Trinajstić information content (AvgIpc) is 2.29. The molecule has 0 bridgehead atoms. The van der Waals surface area contributed by atoms with E-state index in [1.807, 2.05) is 20.0 Å². The third kappa shape index (κ3) is 3.35. The van der Waals surface area contributed by atoms with Gasteiger partial charge in [-0.25, -0.2) is 0 Å². The van der Waals surface area contributed by atoms with Gasteiger partial charge < -0.3 is 4.74 Å². The summed E-state index contributed by atoms with van der Waals surface area (Å²) in [5.41, 5.74) is 1.22. The summed E-state index contributed by atoms with van der Waals surface area (Å²) < 4.78 is 5.68.